The van der Waals surface area contributed by atoms with Crippen molar-refractivity contribution < 1.29 is 28.6 Å². The van der Waals surface area contributed by atoms with Crippen molar-refractivity contribution in [2.24, 2.45) is 0 Å². The summed E-state index contributed by atoms with van der Waals surface area (Å²) in [5, 5.41) is 9.48. The van der Waals surface area contributed by atoms with Crippen molar-refractivity contribution >= 4 is 23.5 Å². The monoisotopic (exact) mass is 525 g/mol. The fraction of sp³-hybridized carbons (Fsp3) is 0.310. The van der Waals surface area contributed by atoms with Crippen LogP contribution >= 0.6 is 11.6 Å². The highest BCUT2D eigenvalue weighted by atomic mass is 35.5. The maximum Gasteiger partial charge on any atom is 0.323 e. The minimum atomic E-state index is -1.08. The lowest BCUT2D eigenvalue weighted by molar-refractivity contribution is -0.137. The van der Waals surface area contributed by atoms with E-state index in [9.17, 15) is 19.1 Å². The van der Waals surface area contributed by atoms with Gasteiger partial charge in [0.25, 0.3) is 5.91 Å². The molecule has 1 aliphatic heterocycles. The standard InChI is InChI=1S/C29H29ClFNO5/c1-29(16-20-10-11-23(30)24(31)13-20)17-22-14-21(15-25(36-2)27(22)37-29)28(35)32(18-26(33)34)12-6-9-19-7-4-3-5-8-19/h3-5,7-8,10-11,13-15H,6,9,12,16-18H2,1-2H3,(H,33,34)/t29-/m0/s1. The number of ether oxygens (including phenoxy) is 2. The molecule has 0 bridgehead atoms. The first-order valence-electron chi connectivity index (χ1n) is 12.1. The summed E-state index contributed by atoms with van der Waals surface area (Å²) in [5.74, 6) is -1.02. The van der Waals surface area contributed by atoms with E-state index in [0.717, 1.165) is 23.1 Å². The van der Waals surface area contributed by atoms with E-state index in [-0.39, 0.29) is 10.9 Å². The zero-order valence-corrected chi connectivity index (χ0v) is 21.6. The lowest BCUT2D eigenvalue weighted by Gasteiger charge is -2.24. The molecule has 0 radical (unpaired) electrons. The number of benzene rings is 3. The van der Waals surface area contributed by atoms with E-state index in [1.807, 2.05) is 37.3 Å². The zero-order valence-electron chi connectivity index (χ0n) is 20.8. The molecule has 0 aromatic heterocycles. The van der Waals surface area contributed by atoms with E-state index < -0.39 is 23.9 Å². The second kappa shape index (κ2) is 11.2. The Balaban J connectivity index is 1.53. The van der Waals surface area contributed by atoms with Crippen LogP contribution in [-0.2, 0) is 24.1 Å². The Morgan fingerprint density at radius 1 is 1.14 bits per heavy atom. The van der Waals surface area contributed by atoms with Gasteiger partial charge in [0, 0.05) is 30.5 Å². The molecule has 0 unspecified atom stereocenters. The second-order valence-corrected chi connectivity index (χ2v) is 9.94. The Labute approximate surface area is 220 Å². The molecule has 6 nitrogen and oxygen atoms in total. The molecule has 3 aromatic rings. The van der Waals surface area contributed by atoms with Crippen LogP contribution in [0.2, 0.25) is 5.02 Å². The summed E-state index contributed by atoms with van der Waals surface area (Å²) in [5.41, 5.74) is 2.29. The number of carboxylic acid groups (broad SMARTS) is 1. The number of fused-ring (bicyclic) bond motifs is 1. The molecule has 0 saturated carbocycles. The maximum absolute atomic E-state index is 14.0. The molecule has 0 fully saturated rings. The van der Waals surface area contributed by atoms with Crippen molar-refractivity contribution in [3.8, 4) is 11.5 Å². The van der Waals surface area contributed by atoms with E-state index in [2.05, 4.69) is 0 Å². The topological polar surface area (TPSA) is 76.1 Å². The SMILES string of the molecule is COc1cc(C(=O)N(CCCc2ccccc2)CC(=O)O)cc2c1O[C@@](C)(Cc1ccc(Cl)c(F)c1)C2. The summed E-state index contributed by atoms with van der Waals surface area (Å²) < 4.78 is 25.8. The highest BCUT2D eigenvalue weighted by Crippen LogP contribution is 2.44. The van der Waals surface area contributed by atoms with Crippen LogP contribution in [0.25, 0.3) is 0 Å². The van der Waals surface area contributed by atoms with Crippen LogP contribution in [-0.4, -0.2) is 47.7 Å². The summed E-state index contributed by atoms with van der Waals surface area (Å²) in [4.78, 5) is 26.3. The average molecular weight is 526 g/mol. The van der Waals surface area contributed by atoms with Crippen molar-refractivity contribution in [3.63, 3.8) is 0 Å². The summed E-state index contributed by atoms with van der Waals surface area (Å²) in [6.45, 7) is 1.82. The number of hydrogen-bond donors (Lipinski definition) is 1. The van der Waals surface area contributed by atoms with Crippen LogP contribution < -0.4 is 9.47 Å². The van der Waals surface area contributed by atoms with Gasteiger partial charge < -0.3 is 19.5 Å². The van der Waals surface area contributed by atoms with Crippen molar-refractivity contribution in [1.29, 1.82) is 0 Å². The first kappa shape index (κ1) is 26.5. The molecule has 194 valence electrons. The molecule has 1 heterocycles. The van der Waals surface area contributed by atoms with Gasteiger partial charge in [-0.15, -0.1) is 0 Å². The number of halogens is 2. The predicted octanol–water partition coefficient (Wildman–Crippen LogP) is 5.58. The van der Waals surface area contributed by atoms with Gasteiger partial charge in [-0.25, -0.2) is 4.39 Å². The molecule has 1 N–H and O–H groups in total. The van der Waals surface area contributed by atoms with Crippen LogP contribution in [0.4, 0.5) is 4.39 Å². The Kier molecular flexibility index (Phi) is 8.03. The number of nitrogens with zero attached hydrogens (tertiary/aromatic N) is 1. The fourth-order valence-electron chi connectivity index (χ4n) is 4.76. The van der Waals surface area contributed by atoms with Gasteiger partial charge >= 0.3 is 5.97 Å². The van der Waals surface area contributed by atoms with E-state index >= 15 is 0 Å². The summed E-state index contributed by atoms with van der Waals surface area (Å²) in [7, 11) is 1.49. The number of amides is 1. The summed E-state index contributed by atoms with van der Waals surface area (Å²) in [6.07, 6.45) is 2.25. The van der Waals surface area contributed by atoms with E-state index in [1.165, 1.54) is 24.1 Å². The Bertz CT molecular complexity index is 1300. The van der Waals surface area contributed by atoms with E-state index in [1.54, 1.807) is 18.2 Å². The second-order valence-electron chi connectivity index (χ2n) is 9.53. The molecule has 8 heteroatoms. The molecular formula is C29H29ClFNO5. The average Bonchev–Trinajstić information content (AvgIpc) is 3.20. The number of carbonyl (C=O) groups excluding carboxylic acids is 1. The predicted molar refractivity (Wildman–Crippen MR) is 139 cm³/mol. The minimum Gasteiger partial charge on any atom is -0.493 e. The van der Waals surface area contributed by atoms with Gasteiger partial charge in [-0.2, -0.15) is 0 Å². The normalized spacial score (nSPS) is 16.1. The van der Waals surface area contributed by atoms with Gasteiger partial charge in [0.15, 0.2) is 11.5 Å². The third kappa shape index (κ3) is 6.41. The molecule has 37 heavy (non-hydrogen) atoms. The lowest BCUT2D eigenvalue weighted by Crippen LogP contribution is -2.36. The van der Waals surface area contributed by atoms with Crippen LogP contribution in [0, 0.1) is 5.82 Å². The Hall–Kier alpha value is -3.58. The smallest absolute Gasteiger partial charge is 0.323 e. The Morgan fingerprint density at radius 2 is 1.89 bits per heavy atom. The molecule has 0 spiro atoms. The van der Waals surface area contributed by atoms with Crippen molar-refractivity contribution in [2.75, 3.05) is 20.2 Å². The lowest BCUT2D eigenvalue weighted by atomic mass is 9.91. The van der Waals surface area contributed by atoms with Gasteiger partial charge in [-0.1, -0.05) is 48.0 Å². The van der Waals surface area contributed by atoms with E-state index in [0.29, 0.717) is 42.9 Å². The van der Waals surface area contributed by atoms with Gasteiger partial charge in [-0.05, 0) is 55.2 Å². The largest absolute Gasteiger partial charge is 0.493 e. The minimum absolute atomic E-state index is 0.0593. The molecule has 1 atom stereocenters. The molecule has 1 amide bonds. The molecular weight excluding hydrogens is 497 g/mol. The zero-order chi connectivity index (χ0) is 26.6. The summed E-state index contributed by atoms with van der Waals surface area (Å²) in [6, 6.07) is 17.8. The number of rotatable bonds is 10. The van der Waals surface area contributed by atoms with Gasteiger partial charge in [0.2, 0.25) is 0 Å². The first-order valence-corrected chi connectivity index (χ1v) is 12.4. The fourth-order valence-corrected chi connectivity index (χ4v) is 4.88. The molecule has 3 aromatic carbocycles. The summed E-state index contributed by atoms with van der Waals surface area (Å²) >= 11 is 5.82. The van der Waals surface area contributed by atoms with Crippen molar-refractivity contribution in [1.82, 2.24) is 4.90 Å². The van der Waals surface area contributed by atoms with Crippen LogP contribution in [0.15, 0.2) is 60.7 Å². The van der Waals surface area contributed by atoms with Crippen molar-refractivity contribution in [2.45, 2.75) is 38.2 Å². The maximum atomic E-state index is 14.0. The molecule has 1 aliphatic rings. The number of carboxylic acids is 1. The number of aliphatic carboxylic acids is 1. The van der Waals surface area contributed by atoms with E-state index in [4.69, 9.17) is 21.1 Å². The van der Waals surface area contributed by atoms with Crippen LogP contribution in [0.1, 0.15) is 40.4 Å². The highest BCUT2D eigenvalue weighted by molar-refractivity contribution is 6.30. The Morgan fingerprint density at radius 3 is 2.57 bits per heavy atom. The number of hydrogen-bond acceptors (Lipinski definition) is 4. The third-order valence-electron chi connectivity index (χ3n) is 6.42. The van der Waals surface area contributed by atoms with Crippen molar-refractivity contribution in [3.05, 3.63) is 93.8 Å². The van der Waals surface area contributed by atoms with Gasteiger partial charge in [0.1, 0.15) is 18.0 Å². The van der Waals surface area contributed by atoms with Gasteiger partial charge in [-0.3, -0.25) is 9.59 Å². The number of carbonyl (C=O) groups is 2. The quantitative estimate of drug-likeness (QED) is 0.374. The van der Waals surface area contributed by atoms with Crippen LogP contribution in [0.5, 0.6) is 11.5 Å². The number of aryl methyl sites for hydroxylation is 1. The van der Waals surface area contributed by atoms with Gasteiger partial charge in [0.05, 0.1) is 12.1 Å². The first-order chi connectivity index (χ1) is 17.7. The number of methoxy groups -OCH3 is 1. The molecule has 0 aliphatic carbocycles. The molecule has 4 rings (SSSR count). The third-order valence-corrected chi connectivity index (χ3v) is 6.73. The molecule has 0 saturated heterocycles. The highest BCUT2D eigenvalue weighted by Gasteiger charge is 2.38. The van der Waals surface area contributed by atoms with Crippen LogP contribution in [0.3, 0.4) is 0 Å².